The van der Waals surface area contributed by atoms with E-state index in [0.29, 0.717) is 19.3 Å². The lowest BCUT2D eigenvalue weighted by Crippen LogP contribution is -2.39. The number of aromatic nitrogens is 1. The molecule has 0 radical (unpaired) electrons. The molecule has 5 heteroatoms. The van der Waals surface area contributed by atoms with Gasteiger partial charge in [0.2, 0.25) is 0 Å². The first kappa shape index (κ1) is 17.0. The highest BCUT2D eigenvalue weighted by Gasteiger charge is 2.24. The molecule has 0 aliphatic heterocycles. The van der Waals surface area contributed by atoms with Gasteiger partial charge in [-0.2, -0.15) is 0 Å². The largest absolute Gasteiger partial charge is 0.382 e. The van der Waals surface area contributed by atoms with E-state index in [-0.39, 0.29) is 11.9 Å². The highest BCUT2D eigenvalue weighted by atomic mass is 16.5. The first-order valence-electron chi connectivity index (χ1n) is 8.66. The number of rotatable bonds is 6. The third-order valence-corrected chi connectivity index (χ3v) is 4.70. The van der Waals surface area contributed by atoms with Crippen molar-refractivity contribution in [1.82, 2.24) is 10.3 Å². The van der Waals surface area contributed by atoms with Crippen molar-refractivity contribution >= 4 is 16.8 Å². The molecule has 0 unspecified atom stereocenters. The van der Waals surface area contributed by atoms with Crippen LogP contribution in [0.15, 0.2) is 24.4 Å². The minimum absolute atomic E-state index is 0.00917. The molecule has 1 amide bonds. The average molecular weight is 330 g/mol. The number of hydrogen-bond acceptors (Lipinski definition) is 3. The van der Waals surface area contributed by atoms with Gasteiger partial charge in [0.15, 0.2) is 0 Å². The van der Waals surface area contributed by atoms with Crippen molar-refractivity contribution in [3.63, 3.8) is 0 Å². The number of hydrogen-bond donors (Lipinski definition) is 2. The fourth-order valence-electron chi connectivity index (χ4n) is 3.44. The van der Waals surface area contributed by atoms with Gasteiger partial charge >= 0.3 is 0 Å². The maximum atomic E-state index is 12.7. The van der Waals surface area contributed by atoms with Crippen molar-refractivity contribution in [1.29, 1.82) is 0 Å². The molecule has 5 nitrogen and oxygen atoms in total. The smallest absolute Gasteiger partial charge is 0.253 e. The molecule has 1 aromatic carbocycles. The number of carbonyl (C=O) groups is 1. The highest BCUT2D eigenvalue weighted by Crippen LogP contribution is 2.23. The van der Waals surface area contributed by atoms with Crippen LogP contribution >= 0.6 is 0 Å². The SMILES string of the molecule is COCCOC1CCC(NC(=O)c2cc(C)cc3cc[nH]c23)CC1. The topological polar surface area (TPSA) is 63.4 Å². The van der Waals surface area contributed by atoms with Gasteiger partial charge in [0.05, 0.1) is 30.4 Å². The number of aromatic amines is 1. The van der Waals surface area contributed by atoms with Crippen molar-refractivity contribution < 1.29 is 14.3 Å². The second kappa shape index (κ2) is 7.81. The summed E-state index contributed by atoms with van der Waals surface area (Å²) in [6, 6.07) is 6.27. The van der Waals surface area contributed by atoms with Crippen molar-refractivity contribution in [2.24, 2.45) is 0 Å². The van der Waals surface area contributed by atoms with Gasteiger partial charge in [-0.05, 0) is 56.4 Å². The highest BCUT2D eigenvalue weighted by molar-refractivity contribution is 6.06. The van der Waals surface area contributed by atoms with Crippen LogP contribution in [0.2, 0.25) is 0 Å². The van der Waals surface area contributed by atoms with Crippen LogP contribution in [0.4, 0.5) is 0 Å². The molecule has 24 heavy (non-hydrogen) atoms. The molecule has 1 aliphatic carbocycles. The molecule has 3 rings (SSSR count). The number of aryl methyl sites for hydroxylation is 1. The van der Waals surface area contributed by atoms with E-state index in [1.54, 1.807) is 7.11 Å². The molecule has 0 saturated heterocycles. The lowest BCUT2D eigenvalue weighted by Gasteiger charge is -2.29. The van der Waals surface area contributed by atoms with Crippen molar-refractivity contribution in [3.8, 4) is 0 Å². The number of ether oxygens (including phenoxy) is 2. The van der Waals surface area contributed by atoms with E-state index < -0.39 is 0 Å². The van der Waals surface area contributed by atoms with Crippen LogP contribution in [0, 0.1) is 6.92 Å². The first-order chi connectivity index (χ1) is 11.7. The van der Waals surface area contributed by atoms with Crippen LogP contribution < -0.4 is 5.32 Å². The first-order valence-corrected chi connectivity index (χ1v) is 8.66. The number of nitrogens with one attached hydrogen (secondary N) is 2. The molecule has 1 aromatic heterocycles. The Hall–Kier alpha value is -1.85. The van der Waals surface area contributed by atoms with E-state index in [1.807, 2.05) is 25.3 Å². The summed E-state index contributed by atoms with van der Waals surface area (Å²) in [7, 11) is 1.68. The molecule has 0 bridgehead atoms. The van der Waals surface area contributed by atoms with Gasteiger partial charge in [-0.15, -0.1) is 0 Å². The van der Waals surface area contributed by atoms with Crippen molar-refractivity contribution in [3.05, 3.63) is 35.5 Å². The second-order valence-electron chi connectivity index (χ2n) is 6.57. The zero-order valence-corrected chi connectivity index (χ0v) is 14.4. The van der Waals surface area contributed by atoms with Gasteiger partial charge in [-0.3, -0.25) is 4.79 Å². The van der Waals surface area contributed by atoms with E-state index in [2.05, 4.69) is 16.4 Å². The van der Waals surface area contributed by atoms with E-state index in [1.165, 1.54) is 0 Å². The molecular weight excluding hydrogens is 304 g/mol. The third-order valence-electron chi connectivity index (χ3n) is 4.70. The number of fused-ring (bicyclic) bond motifs is 1. The van der Waals surface area contributed by atoms with E-state index >= 15 is 0 Å². The summed E-state index contributed by atoms with van der Waals surface area (Å²) in [5, 5.41) is 4.27. The van der Waals surface area contributed by atoms with Crippen molar-refractivity contribution in [2.75, 3.05) is 20.3 Å². The molecule has 1 saturated carbocycles. The van der Waals surface area contributed by atoms with E-state index in [9.17, 15) is 4.79 Å². The number of amides is 1. The zero-order chi connectivity index (χ0) is 16.9. The molecule has 0 atom stereocenters. The van der Waals surface area contributed by atoms with Gasteiger partial charge in [-0.25, -0.2) is 0 Å². The number of H-pyrrole nitrogens is 1. The summed E-state index contributed by atoms with van der Waals surface area (Å²) in [6.45, 7) is 3.30. The van der Waals surface area contributed by atoms with Crippen LogP contribution in [-0.2, 0) is 9.47 Å². The van der Waals surface area contributed by atoms with Crippen LogP contribution in [0.1, 0.15) is 41.6 Å². The van der Waals surface area contributed by atoms with E-state index in [0.717, 1.165) is 47.7 Å². The average Bonchev–Trinajstić information content (AvgIpc) is 3.04. The van der Waals surface area contributed by atoms with Gasteiger partial charge in [0.1, 0.15) is 0 Å². The van der Waals surface area contributed by atoms with E-state index in [4.69, 9.17) is 9.47 Å². The molecule has 1 heterocycles. The summed E-state index contributed by atoms with van der Waals surface area (Å²) in [5.41, 5.74) is 2.74. The molecule has 1 fully saturated rings. The maximum absolute atomic E-state index is 12.7. The lowest BCUT2D eigenvalue weighted by atomic mass is 9.92. The minimum atomic E-state index is 0.00917. The molecule has 130 valence electrons. The predicted molar refractivity (Wildman–Crippen MR) is 94.4 cm³/mol. The van der Waals surface area contributed by atoms with Crippen molar-refractivity contribution in [2.45, 2.75) is 44.8 Å². The maximum Gasteiger partial charge on any atom is 0.253 e. The van der Waals surface area contributed by atoms with Gasteiger partial charge in [0, 0.05) is 24.7 Å². The number of carbonyl (C=O) groups excluding carboxylic acids is 1. The lowest BCUT2D eigenvalue weighted by molar-refractivity contribution is -0.00408. The van der Waals surface area contributed by atoms with Crippen LogP contribution in [0.3, 0.4) is 0 Å². The quantitative estimate of drug-likeness (QED) is 0.800. The summed E-state index contributed by atoms with van der Waals surface area (Å²) in [6.07, 6.45) is 6.07. The van der Waals surface area contributed by atoms with Gasteiger partial charge in [0.25, 0.3) is 5.91 Å². The fourth-order valence-corrected chi connectivity index (χ4v) is 3.44. The normalized spacial score (nSPS) is 21.1. The minimum Gasteiger partial charge on any atom is -0.382 e. The Balaban J connectivity index is 1.57. The summed E-state index contributed by atoms with van der Waals surface area (Å²) >= 11 is 0. The van der Waals surface area contributed by atoms with Crippen LogP contribution in [0.25, 0.3) is 10.9 Å². The summed E-state index contributed by atoms with van der Waals surface area (Å²) in [4.78, 5) is 15.9. The summed E-state index contributed by atoms with van der Waals surface area (Å²) in [5.74, 6) is 0.00917. The molecule has 1 aliphatic rings. The monoisotopic (exact) mass is 330 g/mol. The Labute approximate surface area is 142 Å². The van der Waals surface area contributed by atoms with Gasteiger partial charge in [-0.1, -0.05) is 0 Å². The standard InChI is InChI=1S/C19H26N2O3/c1-13-11-14-7-8-20-18(14)17(12-13)19(22)21-15-3-5-16(6-4-15)24-10-9-23-2/h7-8,11-12,15-16,20H,3-6,9-10H2,1-2H3,(H,21,22). The van der Waals surface area contributed by atoms with Gasteiger partial charge < -0.3 is 19.8 Å². The Kier molecular flexibility index (Phi) is 5.53. The molecule has 0 spiro atoms. The molecular formula is C19H26N2O3. The predicted octanol–water partition coefficient (Wildman–Crippen LogP) is 3.18. The Morgan fingerprint density at radius 2 is 2.04 bits per heavy atom. The molecule has 2 aromatic rings. The number of methoxy groups -OCH3 is 1. The number of benzene rings is 1. The Morgan fingerprint density at radius 1 is 1.25 bits per heavy atom. The summed E-state index contributed by atoms with van der Waals surface area (Å²) < 4.78 is 10.8. The zero-order valence-electron chi connectivity index (χ0n) is 14.4. The Bertz CT molecular complexity index is 687. The van der Waals surface area contributed by atoms with Crippen LogP contribution in [-0.4, -0.2) is 43.4 Å². The Morgan fingerprint density at radius 3 is 2.79 bits per heavy atom. The molecule has 2 N–H and O–H groups in total. The second-order valence-corrected chi connectivity index (χ2v) is 6.57. The fraction of sp³-hybridized carbons (Fsp3) is 0.526. The van der Waals surface area contributed by atoms with Crippen LogP contribution in [0.5, 0.6) is 0 Å². The third kappa shape index (κ3) is 3.97.